The molecule has 0 saturated heterocycles. The Balaban J connectivity index is 2.23. The number of methoxy groups -OCH3 is 1. The fraction of sp³-hybridized carbons (Fsp3) is 0.483. The SMILES string of the molecule is COC(=O)OCC(CCC(C#Cc1ccccc1)O[Si](C(C)(C)C)C(C)(C)C)[Se]c1ccccc1. The zero-order valence-electron chi connectivity index (χ0n) is 22.1. The molecule has 35 heavy (non-hydrogen) atoms. The van der Waals surface area contributed by atoms with Crippen LogP contribution in [0.5, 0.6) is 0 Å². The van der Waals surface area contributed by atoms with E-state index in [9.17, 15) is 4.79 Å². The van der Waals surface area contributed by atoms with Crippen LogP contribution in [0.1, 0.15) is 59.9 Å². The van der Waals surface area contributed by atoms with Crippen LogP contribution in [0.2, 0.25) is 14.9 Å². The minimum absolute atomic E-state index is 0.0664. The Kier molecular flexibility index (Phi) is 11.6. The van der Waals surface area contributed by atoms with E-state index in [1.807, 2.05) is 48.5 Å². The summed E-state index contributed by atoms with van der Waals surface area (Å²) in [6.45, 7) is 13.9. The number of ether oxygens (including phenoxy) is 2. The summed E-state index contributed by atoms with van der Waals surface area (Å²) in [6.07, 6.45) is 0.809. The van der Waals surface area contributed by atoms with Crippen molar-refractivity contribution in [2.24, 2.45) is 0 Å². The van der Waals surface area contributed by atoms with Gasteiger partial charge in [0, 0.05) is 0 Å². The van der Waals surface area contributed by atoms with Crippen LogP contribution in [-0.2, 0) is 13.9 Å². The zero-order valence-corrected chi connectivity index (χ0v) is 24.8. The Labute approximate surface area is 220 Å². The number of benzene rings is 2. The normalized spacial score (nSPS) is 13.5. The molecule has 2 unspecified atom stereocenters. The summed E-state index contributed by atoms with van der Waals surface area (Å²) in [4.78, 5) is 11.9. The molecule has 0 fully saturated rings. The first-order valence-corrected chi connectivity index (χ1v) is 15.3. The molecule has 0 saturated carbocycles. The van der Waals surface area contributed by atoms with Gasteiger partial charge in [0.25, 0.3) is 0 Å². The second-order valence-corrected chi connectivity index (χ2v) is 17.2. The standard InChI is InChI=1S/C29H39O4SeSi/c1-28(2,3)35(29(4,5)6)33-24(19-18-23-14-10-8-11-15-23)20-21-26(22-32-27(30)31-7)34-25-16-12-9-13-17-25/h8-17,24,26H,20-22H2,1-7H3. The van der Waals surface area contributed by atoms with Crippen LogP contribution in [0.15, 0.2) is 60.7 Å². The number of rotatable bonds is 9. The van der Waals surface area contributed by atoms with Crippen molar-refractivity contribution in [3.8, 4) is 11.8 Å². The molecule has 6 heteroatoms. The van der Waals surface area contributed by atoms with E-state index in [1.165, 1.54) is 11.6 Å². The van der Waals surface area contributed by atoms with Gasteiger partial charge in [0.05, 0.1) is 0 Å². The van der Waals surface area contributed by atoms with Gasteiger partial charge in [-0.05, 0) is 0 Å². The molecule has 2 rings (SSSR count). The average molecular weight is 559 g/mol. The van der Waals surface area contributed by atoms with Crippen molar-refractivity contribution >= 4 is 34.6 Å². The number of hydrogen-bond acceptors (Lipinski definition) is 4. The van der Waals surface area contributed by atoms with Crippen molar-refractivity contribution in [2.75, 3.05) is 13.7 Å². The molecule has 0 aromatic heterocycles. The number of carbonyl (C=O) groups is 1. The summed E-state index contributed by atoms with van der Waals surface area (Å²) in [5, 5.41) is 0.133. The summed E-state index contributed by atoms with van der Waals surface area (Å²) in [7, 11) is 0.123. The van der Waals surface area contributed by atoms with Crippen molar-refractivity contribution in [3.05, 3.63) is 66.2 Å². The van der Waals surface area contributed by atoms with E-state index >= 15 is 0 Å². The average Bonchev–Trinajstić information content (AvgIpc) is 2.81. The maximum atomic E-state index is 11.7. The first-order chi connectivity index (χ1) is 16.5. The van der Waals surface area contributed by atoms with Gasteiger partial charge in [0.2, 0.25) is 0 Å². The topological polar surface area (TPSA) is 44.8 Å². The minimum atomic E-state index is -1.22. The molecule has 0 heterocycles. The van der Waals surface area contributed by atoms with Crippen LogP contribution in [-0.4, -0.2) is 50.0 Å². The third kappa shape index (κ3) is 11.1. The molecule has 2 aromatic rings. The van der Waals surface area contributed by atoms with E-state index in [4.69, 9.17) is 13.9 Å². The summed E-state index contributed by atoms with van der Waals surface area (Å²) in [5.74, 6) is 6.76. The van der Waals surface area contributed by atoms with Crippen LogP contribution in [0.4, 0.5) is 4.79 Å². The summed E-state index contributed by atoms with van der Waals surface area (Å²) in [6, 6.07) is 20.4. The van der Waals surface area contributed by atoms with Gasteiger partial charge in [-0.15, -0.1) is 0 Å². The maximum absolute atomic E-state index is 11.7. The molecule has 0 amide bonds. The van der Waals surface area contributed by atoms with Gasteiger partial charge in [-0.1, -0.05) is 0 Å². The number of hydrogen-bond donors (Lipinski definition) is 0. The van der Waals surface area contributed by atoms with Gasteiger partial charge in [-0.2, -0.15) is 0 Å². The van der Waals surface area contributed by atoms with Gasteiger partial charge in [0.15, 0.2) is 0 Å². The van der Waals surface area contributed by atoms with Gasteiger partial charge < -0.3 is 0 Å². The molecule has 0 N–H and O–H groups in total. The molecule has 0 aliphatic heterocycles. The Morgan fingerprint density at radius 3 is 2.03 bits per heavy atom. The van der Waals surface area contributed by atoms with Crippen LogP contribution < -0.4 is 4.46 Å². The summed E-state index contributed by atoms with van der Waals surface area (Å²) < 4.78 is 18.2. The molecule has 0 aliphatic carbocycles. The Hall–Kier alpha value is -2.03. The fourth-order valence-electron chi connectivity index (χ4n) is 3.89. The first-order valence-electron chi connectivity index (χ1n) is 12.0. The van der Waals surface area contributed by atoms with E-state index in [0.29, 0.717) is 6.61 Å². The third-order valence-corrected chi connectivity index (χ3v) is 11.0. The van der Waals surface area contributed by atoms with Crippen LogP contribution in [0.25, 0.3) is 0 Å². The predicted octanol–water partition coefficient (Wildman–Crippen LogP) is 6.40. The molecule has 2 aromatic carbocycles. The van der Waals surface area contributed by atoms with E-state index in [1.54, 1.807) is 0 Å². The second kappa shape index (κ2) is 13.9. The molecular weight excluding hydrogens is 519 g/mol. The predicted molar refractivity (Wildman–Crippen MR) is 147 cm³/mol. The molecular formula is C29H39O4SeSi. The zero-order chi connectivity index (χ0) is 25.9. The molecule has 2 atom stereocenters. The van der Waals surface area contributed by atoms with Crippen LogP contribution in [0.3, 0.4) is 0 Å². The number of carbonyl (C=O) groups excluding carboxylic acids is 1. The molecule has 0 bridgehead atoms. The molecule has 0 aliphatic rings. The van der Waals surface area contributed by atoms with E-state index < -0.39 is 15.2 Å². The van der Waals surface area contributed by atoms with Crippen LogP contribution >= 0.6 is 0 Å². The van der Waals surface area contributed by atoms with Crippen molar-refractivity contribution in [1.82, 2.24) is 0 Å². The van der Waals surface area contributed by atoms with Crippen molar-refractivity contribution < 1.29 is 18.7 Å². The van der Waals surface area contributed by atoms with Crippen molar-refractivity contribution in [2.45, 2.75) is 75.4 Å². The van der Waals surface area contributed by atoms with Crippen molar-refractivity contribution in [1.29, 1.82) is 0 Å². The third-order valence-electron chi connectivity index (χ3n) is 5.12. The van der Waals surface area contributed by atoms with Gasteiger partial charge in [-0.25, -0.2) is 0 Å². The Morgan fingerprint density at radius 1 is 0.914 bits per heavy atom. The van der Waals surface area contributed by atoms with Gasteiger partial charge >= 0.3 is 220 Å². The quantitative estimate of drug-likeness (QED) is 0.203. The van der Waals surface area contributed by atoms with Gasteiger partial charge in [0.1, 0.15) is 0 Å². The molecule has 189 valence electrons. The van der Waals surface area contributed by atoms with Crippen LogP contribution in [0, 0.1) is 11.8 Å². The molecule has 1 radical (unpaired) electrons. The van der Waals surface area contributed by atoms with E-state index in [-0.39, 0.29) is 36.0 Å². The first kappa shape index (κ1) is 29.2. The molecule has 0 spiro atoms. The molecule has 4 nitrogen and oxygen atoms in total. The van der Waals surface area contributed by atoms with Gasteiger partial charge in [-0.3, -0.25) is 0 Å². The fourth-order valence-corrected chi connectivity index (χ4v) is 9.60. The summed E-state index contributed by atoms with van der Waals surface area (Å²) in [5.41, 5.74) is 0.987. The summed E-state index contributed by atoms with van der Waals surface area (Å²) >= 11 is 0.147. The second-order valence-electron chi connectivity index (χ2n) is 10.5. The Morgan fingerprint density at radius 2 is 1.49 bits per heavy atom. The van der Waals surface area contributed by atoms with E-state index in [2.05, 4.69) is 65.5 Å². The van der Waals surface area contributed by atoms with E-state index in [0.717, 1.165) is 18.4 Å². The van der Waals surface area contributed by atoms with Crippen molar-refractivity contribution in [3.63, 3.8) is 0 Å². The Bertz CT molecular complexity index is 941. The monoisotopic (exact) mass is 559 g/mol.